The van der Waals surface area contributed by atoms with E-state index in [0.717, 1.165) is 0 Å². The number of aromatic nitrogens is 1. The normalized spacial score (nSPS) is 10.4. The first kappa shape index (κ1) is 14.2. The van der Waals surface area contributed by atoms with Gasteiger partial charge in [-0.05, 0) is 12.1 Å². The van der Waals surface area contributed by atoms with E-state index in [1.54, 1.807) is 5.38 Å². The van der Waals surface area contributed by atoms with Gasteiger partial charge in [0.15, 0.2) is 0 Å². The molecule has 0 aliphatic rings. The lowest BCUT2D eigenvalue weighted by Gasteiger charge is -2.12. The van der Waals surface area contributed by atoms with E-state index >= 15 is 0 Å². The molecule has 5 nitrogen and oxygen atoms in total. The van der Waals surface area contributed by atoms with E-state index in [9.17, 15) is 13.6 Å². The maximum absolute atomic E-state index is 12.3. The van der Waals surface area contributed by atoms with Crippen LogP contribution >= 0.6 is 11.3 Å². The van der Waals surface area contributed by atoms with Gasteiger partial charge in [-0.25, -0.2) is 4.98 Å². The fraction of sp³-hybridized carbons (Fsp3) is 0.167. The minimum atomic E-state index is -2.99. The first-order valence-corrected chi connectivity index (χ1v) is 6.37. The molecule has 1 aromatic carbocycles. The minimum Gasteiger partial charge on any atom is -0.497 e. The Balaban J connectivity index is 2.25. The fourth-order valence-corrected chi connectivity index (χ4v) is 1.98. The van der Waals surface area contributed by atoms with Gasteiger partial charge in [-0.3, -0.25) is 4.79 Å². The monoisotopic (exact) mass is 300 g/mol. The number of amides is 1. The maximum Gasteiger partial charge on any atom is 0.387 e. The van der Waals surface area contributed by atoms with Crippen molar-refractivity contribution in [1.82, 2.24) is 4.98 Å². The number of benzene rings is 1. The average molecular weight is 300 g/mol. The number of hydrogen-bond donors (Lipinski definition) is 1. The highest BCUT2D eigenvalue weighted by molar-refractivity contribution is 7.07. The SMILES string of the molecule is COc1ccc(OC(F)F)c(NC(=O)c2cscn2)c1. The summed E-state index contributed by atoms with van der Waals surface area (Å²) in [5, 5.41) is 4.00. The second-order valence-electron chi connectivity index (χ2n) is 3.57. The number of carbonyl (C=O) groups is 1. The summed E-state index contributed by atoms with van der Waals surface area (Å²) in [5.41, 5.74) is 1.78. The van der Waals surface area contributed by atoms with Crippen LogP contribution < -0.4 is 14.8 Å². The van der Waals surface area contributed by atoms with Gasteiger partial charge in [0.2, 0.25) is 0 Å². The van der Waals surface area contributed by atoms with E-state index in [4.69, 9.17) is 4.74 Å². The third-order valence-corrected chi connectivity index (χ3v) is 2.90. The second kappa shape index (κ2) is 6.29. The van der Waals surface area contributed by atoms with Crippen molar-refractivity contribution in [3.05, 3.63) is 34.8 Å². The van der Waals surface area contributed by atoms with E-state index < -0.39 is 12.5 Å². The number of alkyl halides is 2. The van der Waals surface area contributed by atoms with E-state index in [2.05, 4.69) is 15.0 Å². The number of anilines is 1. The summed E-state index contributed by atoms with van der Waals surface area (Å²) in [4.78, 5) is 15.7. The van der Waals surface area contributed by atoms with Crippen LogP contribution in [-0.2, 0) is 0 Å². The first-order valence-electron chi connectivity index (χ1n) is 5.42. The van der Waals surface area contributed by atoms with Gasteiger partial charge in [0.05, 0.1) is 18.3 Å². The molecular weight excluding hydrogens is 290 g/mol. The quantitative estimate of drug-likeness (QED) is 0.922. The van der Waals surface area contributed by atoms with Crippen LogP contribution in [0.4, 0.5) is 14.5 Å². The average Bonchev–Trinajstić information content (AvgIpc) is 2.94. The molecule has 0 aliphatic carbocycles. The zero-order valence-electron chi connectivity index (χ0n) is 10.3. The highest BCUT2D eigenvalue weighted by atomic mass is 32.1. The number of methoxy groups -OCH3 is 1. The molecule has 1 amide bonds. The molecule has 1 aromatic heterocycles. The fourth-order valence-electron chi connectivity index (χ4n) is 1.44. The van der Waals surface area contributed by atoms with Crippen LogP contribution in [0.5, 0.6) is 11.5 Å². The summed E-state index contributed by atoms with van der Waals surface area (Å²) in [6.45, 7) is -2.99. The van der Waals surface area contributed by atoms with E-state index in [1.165, 1.54) is 42.2 Å². The molecule has 0 unspecified atom stereocenters. The molecule has 0 radical (unpaired) electrons. The third kappa shape index (κ3) is 3.41. The molecule has 20 heavy (non-hydrogen) atoms. The van der Waals surface area contributed by atoms with Crippen molar-refractivity contribution < 1.29 is 23.0 Å². The molecule has 8 heteroatoms. The number of nitrogens with zero attached hydrogens (tertiary/aromatic N) is 1. The molecule has 0 spiro atoms. The minimum absolute atomic E-state index is 0.0858. The lowest BCUT2D eigenvalue weighted by atomic mass is 10.2. The van der Waals surface area contributed by atoms with Gasteiger partial charge in [-0.15, -0.1) is 11.3 Å². The Bertz CT molecular complexity index is 590. The van der Waals surface area contributed by atoms with Crippen LogP contribution in [0.25, 0.3) is 0 Å². The van der Waals surface area contributed by atoms with Gasteiger partial charge in [-0.2, -0.15) is 8.78 Å². The van der Waals surface area contributed by atoms with Crippen LogP contribution in [-0.4, -0.2) is 24.6 Å². The topological polar surface area (TPSA) is 60.5 Å². The number of rotatable bonds is 5. The zero-order valence-corrected chi connectivity index (χ0v) is 11.1. The van der Waals surface area contributed by atoms with Crippen LogP contribution in [0.15, 0.2) is 29.1 Å². The van der Waals surface area contributed by atoms with Crippen LogP contribution in [0.1, 0.15) is 10.5 Å². The van der Waals surface area contributed by atoms with E-state index in [1.807, 2.05) is 0 Å². The van der Waals surface area contributed by atoms with Crippen molar-refractivity contribution in [3.8, 4) is 11.5 Å². The van der Waals surface area contributed by atoms with E-state index in [0.29, 0.717) is 5.75 Å². The summed E-state index contributed by atoms with van der Waals surface area (Å²) < 4.78 is 34.0. The summed E-state index contributed by atoms with van der Waals surface area (Å²) >= 11 is 1.25. The molecular formula is C12H10F2N2O3S. The highest BCUT2D eigenvalue weighted by Crippen LogP contribution is 2.30. The van der Waals surface area contributed by atoms with Crippen molar-refractivity contribution in [2.45, 2.75) is 6.61 Å². The van der Waals surface area contributed by atoms with Gasteiger partial charge in [0, 0.05) is 11.4 Å². The van der Waals surface area contributed by atoms with Crippen LogP contribution in [0.3, 0.4) is 0 Å². The van der Waals surface area contributed by atoms with Crippen molar-refractivity contribution in [2.24, 2.45) is 0 Å². The van der Waals surface area contributed by atoms with Crippen LogP contribution in [0.2, 0.25) is 0 Å². The first-order chi connectivity index (χ1) is 9.60. The summed E-state index contributed by atoms with van der Waals surface area (Å²) in [7, 11) is 1.43. The Hall–Kier alpha value is -2.22. The molecule has 0 atom stereocenters. The number of halogens is 2. The number of thiazole rings is 1. The van der Waals surface area contributed by atoms with Gasteiger partial charge in [0.25, 0.3) is 5.91 Å². The Morgan fingerprint density at radius 1 is 1.45 bits per heavy atom. The lowest BCUT2D eigenvalue weighted by Crippen LogP contribution is -2.14. The number of carbonyl (C=O) groups excluding carboxylic acids is 1. The number of ether oxygens (including phenoxy) is 2. The van der Waals surface area contributed by atoms with Gasteiger partial charge in [-0.1, -0.05) is 0 Å². The third-order valence-electron chi connectivity index (χ3n) is 2.32. The smallest absolute Gasteiger partial charge is 0.387 e. The van der Waals surface area contributed by atoms with Gasteiger partial charge < -0.3 is 14.8 Å². The molecule has 1 heterocycles. The predicted octanol–water partition coefficient (Wildman–Crippen LogP) is 3.01. The van der Waals surface area contributed by atoms with E-state index in [-0.39, 0.29) is 17.1 Å². The standard InChI is InChI=1S/C12H10F2N2O3S/c1-18-7-2-3-10(19-12(13)14)8(4-7)16-11(17)9-5-20-6-15-9/h2-6,12H,1H3,(H,16,17). The van der Waals surface area contributed by atoms with Crippen molar-refractivity contribution in [3.63, 3.8) is 0 Å². The Morgan fingerprint density at radius 3 is 2.85 bits per heavy atom. The van der Waals surface area contributed by atoms with Crippen molar-refractivity contribution in [2.75, 3.05) is 12.4 Å². The second-order valence-corrected chi connectivity index (χ2v) is 4.29. The van der Waals surface area contributed by atoms with Gasteiger partial charge in [0.1, 0.15) is 17.2 Å². The molecule has 0 aliphatic heterocycles. The molecule has 2 rings (SSSR count). The Morgan fingerprint density at radius 2 is 2.25 bits per heavy atom. The summed E-state index contributed by atoms with van der Waals surface area (Å²) in [6.07, 6.45) is 0. The predicted molar refractivity (Wildman–Crippen MR) is 69.7 cm³/mol. The molecule has 1 N–H and O–H groups in total. The Labute approximate surface area is 117 Å². The molecule has 2 aromatic rings. The number of nitrogens with one attached hydrogen (secondary N) is 1. The summed E-state index contributed by atoms with van der Waals surface area (Å²) in [5.74, 6) is -0.261. The zero-order chi connectivity index (χ0) is 14.5. The van der Waals surface area contributed by atoms with Crippen molar-refractivity contribution in [1.29, 1.82) is 0 Å². The molecule has 0 fully saturated rings. The molecule has 106 valence electrons. The largest absolute Gasteiger partial charge is 0.497 e. The molecule has 0 bridgehead atoms. The maximum atomic E-state index is 12.3. The lowest BCUT2D eigenvalue weighted by molar-refractivity contribution is -0.0494. The number of hydrogen-bond acceptors (Lipinski definition) is 5. The summed E-state index contributed by atoms with van der Waals surface area (Å²) in [6, 6.07) is 4.14. The van der Waals surface area contributed by atoms with Crippen molar-refractivity contribution >= 4 is 22.9 Å². The molecule has 0 saturated carbocycles. The highest BCUT2D eigenvalue weighted by Gasteiger charge is 2.15. The van der Waals surface area contributed by atoms with Gasteiger partial charge >= 0.3 is 6.61 Å². The molecule has 0 saturated heterocycles. The van der Waals surface area contributed by atoms with Crippen LogP contribution in [0, 0.1) is 0 Å². The Kier molecular flexibility index (Phi) is 4.46.